The molecule has 0 radical (unpaired) electrons. The van der Waals surface area contributed by atoms with Gasteiger partial charge in [0.2, 0.25) is 0 Å². The van der Waals surface area contributed by atoms with Crippen LogP contribution in [0.25, 0.3) is 11.1 Å². The van der Waals surface area contributed by atoms with Crippen molar-refractivity contribution in [2.75, 3.05) is 6.54 Å². The Morgan fingerprint density at radius 2 is 2.24 bits per heavy atom. The van der Waals surface area contributed by atoms with Gasteiger partial charge in [-0.1, -0.05) is 6.08 Å². The van der Waals surface area contributed by atoms with E-state index < -0.39 is 5.67 Å². The van der Waals surface area contributed by atoms with Crippen LogP contribution in [-0.4, -0.2) is 43.7 Å². The first-order valence-corrected chi connectivity index (χ1v) is 9.51. The van der Waals surface area contributed by atoms with Crippen molar-refractivity contribution in [1.29, 1.82) is 0 Å². The second-order valence-electron chi connectivity index (χ2n) is 7.84. The van der Waals surface area contributed by atoms with Gasteiger partial charge in [-0.15, -0.1) is 0 Å². The SMILES string of the molecule is C[C@@H]1C=C(c2ccn3ncc(C(=O)NCC(C)(C)F)c3c2)c2cncnc2CN1. The van der Waals surface area contributed by atoms with Crippen molar-refractivity contribution in [2.45, 2.75) is 39.0 Å². The number of fused-ring (bicyclic) bond motifs is 2. The monoisotopic (exact) mass is 394 g/mol. The molecule has 2 N–H and O–H groups in total. The summed E-state index contributed by atoms with van der Waals surface area (Å²) < 4.78 is 15.4. The Kier molecular flexibility index (Phi) is 4.87. The van der Waals surface area contributed by atoms with E-state index in [0.717, 1.165) is 22.4 Å². The number of carbonyl (C=O) groups excluding carboxylic acids is 1. The number of carbonyl (C=O) groups is 1. The fraction of sp³-hybridized carbons (Fsp3) is 0.333. The molecule has 0 fully saturated rings. The van der Waals surface area contributed by atoms with E-state index in [1.807, 2.05) is 24.5 Å². The first kappa shape index (κ1) is 19.2. The van der Waals surface area contributed by atoms with E-state index in [2.05, 4.69) is 38.7 Å². The summed E-state index contributed by atoms with van der Waals surface area (Å²) in [6.07, 6.45) is 8.80. The second-order valence-corrected chi connectivity index (χ2v) is 7.84. The number of rotatable bonds is 4. The van der Waals surface area contributed by atoms with Crippen molar-refractivity contribution in [3.8, 4) is 0 Å². The summed E-state index contributed by atoms with van der Waals surface area (Å²) in [6.45, 7) is 5.51. The van der Waals surface area contributed by atoms with Crippen LogP contribution in [0.1, 0.15) is 48.0 Å². The lowest BCUT2D eigenvalue weighted by atomic mass is 9.97. The van der Waals surface area contributed by atoms with E-state index in [4.69, 9.17) is 0 Å². The van der Waals surface area contributed by atoms with Crippen LogP contribution in [0.4, 0.5) is 4.39 Å². The molecule has 150 valence electrons. The molecule has 1 amide bonds. The van der Waals surface area contributed by atoms with Crippen LogP contribution in [0.15, 0.2) is 43.1 Å². The van der Waals surface area contributed by atoms with Crippen LogP contribution >= 0.6 is 0 Å². The zero-order chi connectivity index (χ0) is 20.6. The molecule has 1 atom stereocenters. The Balaban J connectivity index is 1.75. The summed E-state index contributed by atoms with van der Waals surface area (Å²) in [7, 11) is 0. The van der Waals surface area contributed by atoms with Crippen molar-refractivity contribution in [1.82, 2.24) is 30.2 Å². The number of nitrogens with zero attached hydrogens (tertiary/aromatic N) is 4. The summed E-state index contributed by atoms with van der Waals surface area (Å²) in [5.74, 6) is -0.350. The summed E-state index contributed by atoms with van der Waals surface area (Å²) in [5, 5.41) is 10.3. The van der Waals surface area contributed by atoms with Gasteiger partial charge in [-0.3, -0.25) is 4.79 Å². The number of hydrogen-bond acceptors (Lipinski definition) is 5. The van der Waals surface area contributed by atoms with Gasteiger partial charge in [-0.25, -0.2) is 18.9 Å². The molecule has 0 saturated heterocycles. The van der Waals surface area contributed by atoms with Gasteiger partial charge in [0.1, 0.15) is 12.0 Å². The van der Waals surface area contributed by atoms with E-state index in [-0.39, 0.29) is 18.5 Å². The van der Waals surface area contributed by atoms with Gasteiger partial charge in [-0.05, 0) is 44.0 Å². The lowest BCUT2D eigenvalue weighted by molar-refractivity contribution is 0.0922. The third-order valence-corrected chi connectivity index (χ3v) is 4.84. The normalized spacial score (nSPS) is 16.8. The molecule has 3 aromatic rings. The molecule has 7 nitrogen and oxygen atoms in total. The smallest absolute Gasteiger partial charge is 0.255 e. The van der Waals surface area contributed by atoms with Crippen LogP contribution in [0.5, 0.6) is 0 Å². The Morgan fingerprint density at radius 1 is 1.41 bits per heavy atom. The van der Waals surface area contributed by atoms with Crippen LogP contribution in [0.3, 0.4) is 0 Å². The molecule has 0 spiro atoms. The zero-order valence-corrected chi connectivity index (χ0v) is 16.6. The summed E-state index contributed by atoms with van der Waals surface area (Å²) in [5.41, 5.74) is 3.39. The Morgan fingerprint density at radius 3 is 3.03 bits per heavy atom. The highest BCUT2D eigenvalue weighted by Crippen LogP contribution is 2.29. The van der Waals surface area contributed by atoms with Gasteiger partial charge in [0.05, 0.1) is 29.5 Å². The van der Waals surface area contributed by atoms with Crippen molar-refractivity contribution in [3.05, 3.63) is 65.5 Å². The summed E-state index contributed by atoms with van der Waals surface area (Å²) >= 11 is 0. The highest BCUT2D eigenvalue weighted by molar-refractivity contribution is 6.01. The highest BCUT2D eigenvalue weighted by Gasteiger charge is 2.21. The predicted octanol–water partition coefficient (Wildman–Crippen LogP) is 2.53. The zero-order valence-electron chi connectivity index (χ0n) is 16.6. The van der Waals surface area contributed by atoms with E-state index in [1.54, 1.807) is 10.8 Å². The minimum atomic E-state index is -1.48. The molecule has 0 unspecified atom stereocenters. The Bertz CT molecular complexity index is 1100. The molecule has 8 heteroatoms. The second kappa shape index (κ2) is 7.36. The van der Waals surface area contributed by atoms with E-state index in [9.17, 15) is 9.18 Å². The number of aromatic nitrogens is 4. The number of amides is 1. The number of pyridine rings is 1. The fourth-order valence-corrected chi connectivity index (χ4v) is 3.34. The summed E-state index contributed by atoms with van der Waals surface area (Å²) in [6, 6.07) is 4.02. The number of hydrogen-bond donors (Lipinski definition) is 2. The fourth-order valence-electron chi connectivity index (χ4n) is 3.34. The molecule has 0 aliphatic carbocycles. The predicted molar refractivity (Wildman–Crippen MR) is 108 cm³/mol. The van der Waals surface area contributed by atoms with E-state index >= 15 is 0 Å². The molecule has 1 aliphatic heterocycles. The molecule has 0 bridgehead atoms. The lowest BCUT2D eigenvalue weighted by Gasteiger charge is -2.14. The summed E-state index contributed by atoms with van der Waals surface area (Å²) in [4.78, 5) is 21.2. The standard InChI is InChI=1S/C21H23FN6O/c1-13-6-15(16-8-23-12-26-18(16)10-24-13)14-4-5-28-19(7-14)17(9-27-28)20(29)25-11-21(2,3)22/h4-9,12-13,24H,10-11H2,1-3H3,(H,25,29)/t13-/m1/s1. The van der Waals surface area contributed by atoms with Crippen molar-refractivity contribution in [2.24, 2.45) is 0 Å². The maximum absolute atomic E-state index is 13.8. The molecular weight excluding hydrogens is 371 g/mol. The van der Waals surface area contributed by atoms with Gasteiger partial charge in [0, 0.05) is 30.5 Å². The molecule has 4 rings (SSSR count). The number of alkyl halides is 1. The minimum absolute atomic E-state index is 0.0675. The quantitative estimate of drug-likeness (QED) is 0.710. The highest BCUT2D eigenvalue weighted by atomic mass is 19.1. The third-order valence-electron chi connectivity index (χ3n) is 4.84. The van der Waals surface area contributed by atoms with Gasteiger partial charge in [0.15, 0.2) is 0 Å². The van der Waals surface area contributed by atoms with Crippen LogP contribution < -0.4 is 10.6 Å². The van der Waals surface area contributed by atoms with Crippen LogP contribution in [0, 0.1) is 0 Å². The van der Waals surface area contributed by atoms with Crippen molar-refractivity contribution in [3.63, 3.8) is 0 Å². The maximum atomic E-state index is 13.8. The van der Waals surface area contributed by atoms with Crippen molar-refractivity contribution < 1.29 is 9.18 Å². The maximum Gasteiger partial charge on any atom is 0.255 e. The van der Waals surface area contributed by atoms with E-state index in [1.165, 1.54) is 20.0 Å². The van der Waals surface area contributed by atoms with Crippen molar-refractivity contribution >= 4 is 17.0 Å². The number of nitrogens with one attached hydrogen (secondary N) is 2. The first-order valence-electron chi connectivity index (χ1n) is 9.51. The van der Waals surface area contributed by atoms with Gasteiger partial charge in [-0.2, -0.15) is 5.10 Å². The molecule has 1 aliphatic rings. The van der Waals surface area contributed by atoms with Gasteiger partial charge >= 0.3 is 0 Å². The largest absolute Gasteiger partial charge is 0.349 e. The molecule has 0 aromatic carbocycles. The first-order chi connectivity index (χ1) is 13.8. The molecule has 0 saturated carbocycles. The third kappa shape index (κ3) is 4.02. The van der Waals surface area contributed by atoms with Crippen LogP contribution in [-0.2, 0) is 6.54 Å². The van der Waals surface area contributed by atoms with E-state index in [0.29, 0.717) is 17.6 Å². The van der Waals surface area contributed by atoms with Gasteiger partial charge in [0.25, 0.3) is 5.91 Å². The minimum Gasteiger partial charge on any atom is -0.349 e. The molecular formula is C21H23FN6O. The molecule has 4 heterocycles. The number of halogens is 1. The Hall–Kier alpha value is -3.13. The van der Waals surface area contributed by atoms with Crippen LogP contribution in [0.2, 0.25) is 0 Å². The molecule has 29 heavy (non-hydrogen) atoms. The molecule has 3 aromatic heterocycles. The lowest BCUT2D eigenvalue weighted by Crippen LogP contribution is -2.35. The topological polar surface area (TPSA) is 84.2 Å². The average Bonchev–Trinajstić information content (AvgIpc) is 3.03. The van der Waals surface area contributed by atoms with Gasteiger partial charge < -0.3 is 10.6 Å². The average molecular weight is 394 g/mol. The Labute approximate surface area is 168 Å².